The van der Waals surface area contributed by atoms with Gasteiger partial charge in [-0.05, 0) is 36.7 Å². The van der Waals surface area contributed by atoms with Gasteiger partial charge in [-0.3, -0.25) is 0 Å². The van der Waals surface area contributed by atoms with E-state index < -0.39 is 0 Å². The van der Waals surface area contributed by atoms with Crippen LogP contribution in [0, 0.1) is 0 Å². The molecule has 1 N–H and O–H groups in total. The van der Waals surface area contributed by atoms with Crippen LogP contribution in [0.1, 0.15) is 25.1 Å². The fourth-order valence-corrected chi connectivity index (χ4v) is 1.25. The second kappa shape index (κ2) is 5.10. The average Bonchev–Trinajstić information content (AvgIpc) is 2.54. The van der Waals surface area contributed by atoms with Crippen LogP contribution in [-0.2, 0) is 0 Å². The van der Waals surface area contributed by atoms with Crippen LogP contribution in [0.15, 0.2) is 29.2 Å². The summed E-state index contributed by atoms with van der Waals surface area (Å²) in [5.74, 6) is 0.813. The van der Waals surface area contributed by atoms with Gasteiger partial charge in [0.2, 0.25) is 0 Å². The van der Waals surface area contributed by atoms with E-state index in [1.165, 1.54) is 0 Å². The Kier molecular flexibility index (Phi) is 4.06. The van der Waals surface area contributed by atoms with Gasteiger partial charge < -0.3 is 9.73 Å². The van der Waals surface area contributed by atoms with Crippen molar-refractivity contribution in [3.63, 3.8) is 0 Å². The molecule has 0 amide bonds. The zero-order valence-corrected chi connectivity index (χ0v) is 8.47. The van der Waals surface area contributed by atoms with Crippen molar-refractivity contribution in [1.82, 2.24) is 5.32 Å². The standard InChI is InChI=1S/C10H14ClNO/c1-3-7-12-8(4-2)9-5-6-10(11)13-9/h4-6,8,12H,2-3,7H2,1H3. The third kappa shape index (κ3) is 2.90. The van der Waals surface area contributed by atoms with E-state index in [1.54, 1.807) is 6.07 Å². The number of nitrogens with one attached hydrogen (secondary N) is 1. The van der Waals surface area contributed by atoms with Crippen molar-refractivity contribution < 1.29 is 4.42 Å². The molecule has 1 heterocycles. The highest BCUT2D eigenvalue weighted by atomic mass is 35.5. The van der Waals surface area contributed by atoms with Crippen molar-refractivity contribution in [3.8, 4) is 0 Å². The maximum atomic E-state index is 5.67. The van der Waals surface area contributed by atoms with Crippen LogP contribution in [0.25, 0.3) is 0 Å². The van der Waals surface area contributed by atoms with Crippen molar-refractivity contribution in [2.75, 3.05) is 6.54 Å². The molecule has 0 aromatic carbocycles. The normalized spacial score (nSPS) is 12.8. The predicted molar refractivity (Wildman–Crippen MR) is 54.9 cm³/mol. The van der Waals surface area contributed by atoms with Crippen LogP contribution in [-0.4, -0.2) is 6.54 Å². The van der Waals surface area contributed by atoms with Crippen molar-refractivity contribution in [2.45, 2.75) is 19.4 Å². The van der Waals surface area contributed by atoms with Gasteiger partial charge in [0, 0.05) is 0 Å². The number of hydrogen-bond acceptors (Lipinski definition) is 2. The molecular weight excluding hydrogens is 186 g/mol. The van der Waals surface area contributed by atoms with Crippen molar-refractivity contribution >= 4 is 11.6 Å². The first-order chi connectivity index (χ1) is 6.27. The Morgan fingerprint density at radius 2 is 2.46 bits per heavy atom. The van der Waals surface area contributed by atoms with Crippen molar-refractivity contribution in [1.29, 1.82) is 0 Å². The Hall–Kier alpha value is -0.730. The largest absolute Gasteiger partial charge is 0.448 e. The highest BCUT2D eigenvalue weighted by molar-refractivity contribution is 6.28. The molecule has 3 heteroatoms. The zero-order valence-electron chi connectivity index (χ0n) is 7.72. The summed E-state index contributed by atoms with van der Waals surface area (Å²) in [5, 5.41) is 3.70. The van der Waals surface area contributed by atoms with E-state index in [-0.39, 0.29) is 6.04 Å². The number of halogens is 1. The lowest BCUT2D eigenvalue weighted by Crippen LogP contribution is -2.19. The summed E-state index contributed by atoms with van der Waals surface area (Å²) in [7, 11) is 0. The zero-order chi connectivity index (χ0) is 9.68. The van der Waals surface area contributed by atoms with E-state index in [4.69, 9.17) is 16.0 Å². The molecule has 2 nitrogen and oxygen atoms in total. The highest BCUT2D eigenvalue weighted by Gasteiger charge is 2.09. The van der Waals surface area contributed by atoms with E-state index in [1.807, 2.05) is 12.1 Å². The molecule has 1 aromatic heterocycles. The van der Waals surface area contributed by atoms with Crippen LogP contribution in [0.2, 0.25) is 5.22 Å². The molecule has 72 valence electrons. The molecule has 0 saturated heterocycles. The monoisotopic (exact) mass is 199 g/mol. The minimum Gasteiger partial charge on any atom is -0.448 e. The lowest BCUT2D eigenvalue weighted by molar-refractivity contribution is 0.455. The topological polar surface area (TPSA) is 25.2 Å². The van der Waals surface area contributed by atoms with E-state index >= 15 is 0 Å². The lowest BCUT2D eigenvalue weighted by Gasteiger charge is -2.10. The molecule has 1 unspecified atom stereocenters. The molecular formula is C10H14ClNO. The second-order valence-electron chi connectivity index (χ2n) is 2.81. The van der Waals surface area contributed by atoms with Crippen molar-refractivity contribution in [3.05, 3.63) is 35.8 Å². The Bertz CT molecular complexity index is 270. The van der Waals surface area contributed by atoms with Crippen LogP contribution in [0.5, 0.6) is 0 Å². The summed E-state index contributed by atoms with van der Waals surface area (Å²) >= 11 is 5.67. The fraction of sp³-hybridized carbons (Fsp3) is 0.400. The van der Waals surface area contributed by atoms with Crippen LogP contribution >= 0.6 is 11.6 Å². The summed E-state index contributed by atoms with van der Waals surface area (Å²) in [6.07, 6.45) is 2.89. The van der Waals surface area contributed by atoms with E-state index in [2.05, 4.69) is 18.8 Å². The molecule has 0 spiro atoms. The number of furan rings is 1. The summed E-state index contributed by atoms with van der Waals surface area (Å²) in [6, 6.07) is 3.66. The Morgan fingerprint density at radius 1 is 1.69 bits per heavy atom. The molecule has 13 heavy (non-hydrogen) atoms. The minimum atomic E-state index is 0.0625. The maximum absolute atomic E-state index is 5.67. The third-order valence-electron chi connectivity index (χ3n) is 1.75. The number of rotatable bonds is 5. The van der Waals surface area contributed by atoms with E-state index in [0.29, 0.717) is 5.22 Å². The summed E-state index contributed by atoms with van der Waals surface area (Å²) < 4.78 is 5.27. The molecule has 0 radical (unpaired) electrons. The van der Waals surface area contributed by atoms with Gasteiger partial charge in [-0.15, -0.1) is 6.58 Å². The first kappa shape index (κ1) is 10.4. The molecule has 1 atom stereocenters. The fourth-order valence-electron chi connectivity index (χ4n) is 1.10. The predicted octanol–water partition coefficient (Wildman–Crippen LogP) is 3.16. The van der Waals surface area contributed by atoms with E-state index in [9.17, 15) is 0 Å². The van der Waals surface area contributed by atoms with Gasteiger partial charge in [-0.1, -0.05) is 13.0 Å². The van der Waals surface area contributed by atoms with Gasteiger partial charge in [-0.2, -0.15) is 0 Å². The highest BCUT2D eigenvalue weighted by Crippen LogP contribution is 2.20. The molecule has 0 aliphatic heterocycles. The molecule has 1 aromatic rings. The molecule has 0 aliphatic carbocycles. The lowest BCUT2D eigenvalue weighted by atomic mass is 10.2. The van der Waals surface area contributed by atoms with Crippen LogP contribution in [0.4, 0.5) is 0 Å². The maximum Gasteiger partial charge on any atom is 0.193 e. The second-order valence-corrected chi connectivity index (χ2v) is 3.18. The Morgan fingerprint density at radius 3 is 2.92 bits per heavy atom. The quantitative estimate of drug-likeness (QED) is 0.737. The summed E-state index contributed by atoms with van der Waals surface area (Å²) in [6.45, 7) is 6.79. The smallest absolute Gasteiger partial charge is 0.193 e. The van der Waals surface area contributed by atoms with Gasteiger partial charge >= 0.3 is 0 Å². The van der Waals surface area contributed by atoms with Crippen LogP contribution < -0.4 is 5.32 Å². The van der Waals surface area contributed by atoms with Gasteiger partial charge in [0.15, 0.2) is 5.22 Å². The Labute approximate surface area is 83.6 Å². The number of hydrogen-bond donors (Lipinski definition) is 1. The van der Waals surface area contributed by atoms with Gasteiger partial charge in [0.05, 0.1) is 6.04 Å². The van der Waals surface area contributed by atoms with Gasteiger partial charge in [-0.25, -0.2) is 0 Å². The van der Waals surface area contributed by atoms with E-state index in [0.717, 1.165) is 18.7 Å². The average molecular weight is 200 g/mol. The SMILES string of the molecule is C=CC(NCCC)c1ccc(Cl)o1. The summed E-state index contributed by atoms with van der Waals surface area (Å²) in [5.41, 5.74) is 0. The molecule has 0 saturated carbocycles. The first-order valence-corrected chi connectivity index (χ1v) is 4.77. The van der Waals surface area contributed by atoms with Gasteiger partial charge in [0.25, 0.3) is 0 Å². The third-order valence-corrected chi connectivity index (χ3v) is 1.95. The molecule has 0 fully saturated rings. The summed E-state index contributed by atoms with van der Waals surface area (Å²) in [4.78, 5) is 0. The van der Waals surface area contributed by atoms with Crippen LogP contribution in [0.3, 0.4) is 0 Å². The molecule has 0 bridgehead atoms. The molecule has 1 rings (SSSR count). The minimum absolute atomic E-state index is 0.0625. The van der Waals surface area contributed by atoms with Gasteiger partial charge in [0.1, 0.15) is 5.76 Å². The first-order valence-electron chi connectivity index (χ1n) is 4.39. The Balaban J connectivity index is 2.61. The van der Waals surface area contributed by atoms with Crippen molar-refractivity contribution in [2.24, 2.45) is 0 Å². The molecule has 0 aliphatic rings.